The van der Waals surface area contributed by atoms with E-state index >= 15 is 0 Å². The molecule has 4 nitrogen and oxygen atoms in total. The largest absolute Gasteiger partial charge is 0.491 e. The summed E-state index contributed by atoms with van der Waals surface area (Å²) in [6.45, 7) is 5.37. The van der Waals surface area contributed by atoms with Crippen LogP contribution in [0.4, 0.5) is 5.69 Å². The van der Waals surface area contributed by atoms with Gasteiger partial charge in [-0.15, -0.1) is 0 Å². The molecule has 1 heterocycles. The molecule has 1 N–H and O–H groups in total. The van der Waals surface area contributed by atoms with Gasteiger partial charge in [-0.3, -0.25) is 4.79 Å². The second kappa shape index (κ2) is 7.49. The van der Waals surface area contributed by atoms with Crippen LogP contribution >= 0.6 is 0 Å². The van der Waals surface area contributed by atoms with E-state index in [1.54, 1.807) is 12.1 Å². The van der Waals surface area contributed by atoms with E-state index in [0.29, 0.717) is 17.9 Å². The minimum absolute atomic E-state index is 0.137. The second-order valence-electron chi connectivity index (χ2n) is 6.30. The molecule has 126 valence electrons. The van der Waals surface area contributed by atoms with Crippen LogP contribution in [0.15, 0.2) is 42.5 Å². The second-order valence-corrected chi connectivity index (χ2v) is 6.30. The highest BCUT2D eigenvalue weighted by Gasteiger charge is 2.16. The van der Waals surface area contributed by atoms with Gasteiger partial charge in [-0.05, 0) is 68.1 Å². The van der Waals surface area contributed by atoms with Crippen LogP contribution < -0.4 is 10.1 Å². The summed E-state index contributed by atoms with van der Waals surface area (Å²) in [4.78, 5) is 12.5. The van der Waals surface area contributed by atoms with Gasteiger partial charge in [0.2, 0.25) is 0 Å². The number of benzene rings is 2. The Hall–Kier alpha value is -2.33. The van der Waals surface area contributed by atoms with Crippen molar-refractivity contribution in [2.45, 2.75) is 32.8 Å². The molecule has 2 aromatic carbocycles. The zero-order valence-corrected chi connectivity index (χ0v) is 14.2. The SMILES string of the molecule is Cc1cc(C)cc(NC(=O)c2cccc(OCC3CCCO3)c2)c1. The Morgan fingerprint density at radius 1 is 1.21 bits per heavy atom. The van der Waals surface area contributed by atoms with Gasteiger partial charge in [0.05, 0.1) is 6.10 Å². The molecule has 1 fully saturated rings. The van der Waals surface area contributed by atoms with E-state index in [-0.39, 0.29) is 12.0 Å². The van der Waals surface area contributed by atoms with Gasteiger partial charge in [0.15, 0.2) is 0 Å². The molecule has 1 saturated heterocycles. The summed E-state index contributed by atoms with van der Waals surface area (Å²) >= 11 is 0. The lowest BCUT2D eigenvalue weighted by Gasteiger charge is -2.12. The number of anilines is 1. The zero-order valence-electron chi connectivity index (χ0n) is 14.2. The highest BCUT2D eigenvalue weighted by Crippen LogP contribution is 2.19. The van der Waals surface area contributed by atoms with Crippen LogP contribution in [-0.2, 0) is 4.74 Å². The van der Waals surface area contributed by atoms with Crippen molar-refractivity contribution in [2.75, 3.05) is 18.5 Å². The van der Waals surface area contributed by atoms with Crippen molar-refractivity contribution in [3.8, 4) is 5.75 Å². The first-order chi connectivity index (χ1) is 11.6. The van der Waals surface area contributed by atoms with E-state index in [0.717, 1.165) is 36.3 Å². The Kier molecular flexibility index (Phi) is 5.16. The summed E-state index contributed by atoms with van der Waals surface area (Å²) in [5.74, 6) is 0.557. The molecule has 1 atom stereocenters. The van der Waals surface area contributed by atoms with Crippen molar-refractivity contribution < 1.29 is 14.3 Å². The molecule has 0 spiro atoms. The lowest BCUT2D eigenvalue weighted by Crippen LogP contribution is -2.17. The van der Waals surface area contributed by atoms with Crippen LogP contribution in [0.3, 0.4) is 0 Å². The minimum Gasteiger partial charge on any atom is -0.491 e. The molecule has 1 aliphatic heterocycles. The molecule has 0 aromatic heterocycles. The number of ether oxygens (including phenoxy) is 2. The molecular formula is C20H23NO3. The molecule has 24 heavy (non-hydrogen) atoms. The quantitative estimate of drug-likeness (QED) is 0.900. The summed E-state index contributed by atoms with van der Waals surface area (Å²) in [7, 11) is 0. The Balaban J connectivity index is 1.64. The van der Waals surface area contributed by atoms with E-state index in [1.807, 2.05) is 38.1 Å². The van der Waals surface area contributed by atoms with Crippen molar-refractivity contribution in [1.82, 2.24) is 0 Å². The van der Waals surface area contributed by atoms with Crippen LogP contribution in [0.25, 0.3) is 0 Å². The third-order valence-corrected chi connectivity index (χ3v) is 4.04. The number of amides is 1. The smallest absolute Gasteiger partial charge is 0.255 e. The fourth-order valence-electron chi connectivity index (χ4n) is 2.94. The van der Waals surface area contributed by atoms with Gasteiger partial charge in [-0.25, -0.2) is 0 Å². The molecule has 3 rings (SSSR count). The van der Waals surface area contributed by atoms with E-state index < -0.39 is 0 Å². The van der Waals surface area contributed by atoms with Crippen LogP contribution in [0, 0.1) is 13.8 Å². The van der Waals surface area contributed by atoms with Gasteiger partial charge in [0.1, 0.15) is 12.4 Å². The molecule has 0 saturated carbocycles. The predicted octanol–water partition coefficient (Wildman–Crippen LogP) is 4.11. The van der Waals surface area contributed by atoms with Gasteiger partial charge in [0.25, 0.3) is 5.91 Å². The predicted molar refractivity (Wildman–Crippen MR) is 94.8 cm³/mol. The number of hydrogen-bond acceptors (Lipinski definition) is 3. The third kappa shape index (κ3) is 4.36. The van der Waals surface area contributed by atoms with Gasteiger partial charge < -0.3 is 14.8 Å². The van der Waals surface area contributed by atoms with Gasteiger partial charge in [-0.1, -0.05) is 12.1 Å². The van der Waals surface area contributed by atoms with Crippen molar-refractivity contribution in [2.24, 2.45) is 0 Å². The van der Waals surface area contributed by atoms with Crippen LogP contribution in [0.5, 0.6) is 5.75 Å². The topological polar surface area (TPSA) is 47.6 Å². The number of carbonyl (C=O) groups excluding carboxylic acids is 1. The summed E-state index contributed by atoms with van der Waals surface area (Å²) in [6, 6.07) is 13.3. The average Bonchev–Trinajstić information content (AvgIpc) is 3.05. The Morgan fingerprint density at radius 3 is 2.71 bits per heavy atom. The van der Waals surface area contributed by atoms with E-state index in [2.05, 4.69) is 11.4 Å². The number of nitrogens with one attached hydrogen (secondary N) is 1. The number of carbonyl (C=O) groups is 1. The maximum Gasteiger partial charge on any atom is 0.255 e. The van der Waals surface area contributed by atoms with Crippen LogP contribution in [0.1, 0.15) is 34.3 Å². The van der Waals surface area contributed by atoms with Crippen molar-refractivity contribution >= 4 is 11.6 Å². The summed E-state index contributed by atoms with van der Waals surface area (Å²) in [6.07, 6.45) is 2.29. The molecule has 0 bridgehead atoms. The first-order valence-corrected chi connectivity index (χ1v) is 8.34. The first kappa shape index (κ1) is 16.5. The van der Waals surface area contributed by atoms with Crippen molar-refractivity contribution in [1.29, 1.82) is 0 Å². The molecule has 1 aliphatic rings. The van der Waals surface area contributed by atoms with Crippen molar-refractivity contribution in [3.63, 3.8) is 0 Å². The summed E-state index contributed by atoms with van der Waals surface area (Å²) < 4.78 is 11.3. The monoisotopic (exact) mass is 325 g/mol. The Bertz CT molecular complexity index is 700. The Morgan fingerprint density at radius 2 is 2.00 bits per heavy atom. The summed E-state index contributed by atoms with van der Waals surface area (Å²) in [5, 5.41) is 2.95. The Labute approximate surface area is 142 Å². The van der Waals surface area contributed by atoms with Crippen molar-refractivity contribution in [3.05, 3.63) is 59.2 Å². The highest BCUT2D eigenvalue weighted by molar-refractivity contribution is 6.04. The number of aryl methyl sites for hydroxylation is 2. The fourth-order valence-corrected chi connectivity index (χ4v) is 2.94. The molecule has 1 amide bonds. The zero-order chi connectivity index (χ0) is 16.9. The molecular weight excluding hydrogens is 302 g/mol. The first-order valence-electron chi connectivity index (χ1n) is 8.34. The van der Waals surface area contributed by atoms with Crippen LogP contribution in [-0.4, -0.2) is 25.2 Å². The van der Waals surface area contributed by atoms with E-state index in [9.17, 15) is 4.79 Å². The standard InChI is InChI=1S/C20H23NO3/c1-14-9-15(2)11-17(10-14)21-20(22)16-5-3-6-18(12-16)24-13-19-7-4-8-23-19/h3,5-6,9-12,19H,4,7-8,13H2,1-2H3,(H,21,22). The summed E-state index contributed by atoms with van der Waals surface area (Å²) in [5.41, 5.74) is 3.64. The normalized spacial score (nSPS) is 16.8. The minimum atomic E-state index is -0.137. The van der Waals surface area contributed by atoms with Crippen LogP contribution in [0.2, 0.25) is 0 Å². The molecule has 2 aromatic rings. The third-order valence-electron chi connectivity index (χ3n) is 4.04. The maximum atomic E-state index is 12.5. The van der Waals surface area contributed by atoms with Gasteiger partial charge in [-0.2, -0.15) is 0 Å². The van der Waals surface area contributed by atoms with Gasteiger partial charge >= 0.3 is 0 Å². The van der Waals surface area contributed by atoms with Gasteiger partial charge in [0, 0.05) is 17.9 Å². The molecule has 0 aliphatic carbocycles. The lowest BCUT2D eigenvalue weighted by atomic mass is 10.1. The molecule has 0 radical (unpaired) electrons. The number of hydrogen-bond donors (Lipinski definition) is 1. The lowest BCUT2D eigenvalue weighted by molar-refractivity contribution is 0.0679. The molecule has 4 heteroatoms. The number of rotatable bonds is 5. The molecule has 1 unspecified atom stereocenters. The fraction of sp³-hybridized carbons (Fsp3) is 0.350. The average molecular weight is 325 g/mol. The highest BCUT2D eigenvalue weighted by atomic mass is 16.5. The maximum absolute atomic E-state index is 12.5. The van der Waals surface area contributed by atoms with E-state index in [4.69, 9.17) is 9.47 Å². The van der Waals surface area contributed by atoms with E-state index in [1.165, 1.54) is 0 Å².